The fourth-order valence-electron chi connectivity index (χ4n) is 5.38. The van der Waals surface area contributed by atoms with Gasteiger partial charge in [-0.05, 0) is 62.4 Å². The van der Waals surface area contributed by atoms with Crippen molar-refractivity contribution in [2.24, 2.45) is 23.7 Å². The molecule has 0 N–H and O–H groups in total. The Morgan fingerprint density at radius 3 is 2.03 bits per heavy atom. The van der Waals surface area contributed by atoms with Crippen molar-refractivity contribution < 1.29 is 31.4 Å². The zero-order valence-corrected chi connectivity index (χ0v) is 18.6. The lowest BCUT2D eigenvalue weighted by atomic mass is 9.68. The summed E-state index contributed by atoms with van der Waals surface area (Å²) in [4.78, 5) is 0. The minimum atomic E-state index is -3.51. The SMILES string of the molecule is CCCC1CCC(C2CCC(C(F)(F)Oc3cc(F)c(O/C=C/CF)c(F)c3)CC2)CC1. The number of alkyl halides is 3. The molecule has 0 aliphatic heterocycles. The van der Waals surface area contributed by atoms with Gasteiger partial charge in [-0.25, -0.2) is 13.2 Å². The van der Waals surface area contributed by atoms with E-state index in [2.05, 4.69) is 11.7 Å². The van der Waals surface area contributed by atoms with Crippen molar-refractivity contribution in [1.29, 1.82) is 0 Å². The van der Waals surface area contributed by atoms with Gasteiger partial charge < -0.3 is 9.47 Å². The van der Waals surface area contributed by atoms with Gasteiger partial charge >= 0.3 is 6.11 Å². The van der Waals surface area contributed by atoms with E-state index in [4.69, 9.17) is 4.74 Å². The zero-order chi connectivity index (χ0) is 23.1. The summed E-state index contributed by atoms with van der Waals surface area (Å²) >= 11 is 0. The van der Waals surface area contributed by atoms with Crippen LogP contribution in [-0.4, -0.2) is 12.8 Å². The van der Waals surface area contributed by atoms with E-state index in [0.29, 0.717) is 36.8 Å². The third-order valence-corrected chi connectivity index (χ3v) is 7.10. The van der Waals surface area contributed by atoms with Gasteiger partial charge in [-0.15, -0.1) is 0 Å². The van der Waals surface area contributed by atoms with Gasteiger partial charge in [0.05, 0.1) is 12.2 Å². The lowest BCUT2D eigenvalue weighted by Crippen LogP contribution is -2.38. The minimum Gasteiger partial charge on any atom is -0.459 e. The van der Waals surface area contributed by atoms with Gasteiger partial charge in [-0.2, -0.15) is 8.78 Å². The van der Waals surface area contributed by atoms with E-state index in [1.54, 1.807) is 0 Å². The Bertz CT molecular complexity index is 728. The Kier molecular flexibility index (Phi) is 8.83. The number of benzene rings is 1. The molecule has 0 bridgehead atoms. The first-order valence-corrected chi connectivity index (χ1v) is 11.8. The maximum Gasteiger partial charge on any atom is 0.400 e. The van der Waals surface area contributed by atoms with Gasteiger partial charge in [0.25, 0.3) is 0 Å². The second-order valence-electron chi connectivity index (χ2n) is 9.21. The maximum absolute atomic E-state index is 14.8. The Morgan fingerprint density at radius 2 is 1.50 bits per heavy atom. The van der Waals surface area contributed by atoms with Crippen molar-refractivity contribution in [3.8, 4) is 11.5 Å². The highest BCUT2D eigenvalue weighted by atomic mass is 19.3. The molecule has 0 radical (unpaired) electrons. The van der Waals surface area contributed by atoms with Crippen LogP contribution in [0.5, 0.6) is 11.5 Å². The van der Waals surface area contributed by atoms with Crippen molar-refractivity contribution in [3.05, 3.63) is 36.1 Å². The standard InChI is InChI=1S/C25H33F5O2/c1-2-4-17-5-7-18(8-6-17)19-9-11-20(12-10-19)25(29,30)32-21-15-22(27)24(23(28)16-21)31-14-3-13-26/h3,14-20H,2,4-13H2,1H3/b14-3+. The molecule has 2 aliphatic rings. The first-order valence-electron chi connectivity index (χ1n) is 11.8. The molecule has 0 heterocycles. The predicted octanol–water partition coefficient (Wildman–Crippen LogP) is 8.21. The normalized spacial score (nSPS) is 26.9. The van der Waals surface area contributed by atoms with Crippen LogP contribution in [0.3, 0.4) is 0 Å². The quantitative estimate of drug-likeness (QED) is 0.273. The molecular weight excluding hydrogens is 427 g/mol. The van der Waals surface area contributed by atoms with E-state index in [9.17, 15) is 22.0 Å². The number of hydrogen-bond donors (Lipinski definition) is 0. The van der Waals surface area contributed by atoms with E-state index < -0.39 is 41.8 Å². The van der Waals surface area contributed by atoms with Gasteiger partial charge in [-0.3, -0.25) is 0 Å². The molecule has 1 aromatic carbocycles. The second-order valence-corrected chi connectivity index (χ2v) is 9.21. The summed E-state index contributed by atoms with van der Waals surface area (Å²) in [5.41, 5.74) is 0. The molecule has 3 rings (SSSR count). The number of rotatable bonds is 9. The molecule has 180 valence electrons. The zero-order valence-electron chi connectivity index (χ0n) is 18.6. The summed E-state index contributed by atoms with van der Waals surface area (Å²) in [5, 5.41) is 0. The van der Waals surface area contributed by atoms with Crippen molar-refractivity contribution >= 4 is 0 Å². The molecular formula is C25H33F5O2. The molecule has 2 nitrogen and oxygen atoms in total. The maximum atomic E-state index is 14.8. The van der Waals surface area contributed by atoms with Crippen LogP contribution in [0.25, 0.3) is 0 Å². The van der Waals surface area contributed by atoms with Crippen molar-refractivity contribution in [3.63, 3.8) is 0 Å². The molecule has 2 aliphatic carbocycles. The van der Waals surface area contributed by atoms with E-state index in [0.717, 1.165) is 31.1 Å². The van der Waals surface area contributed by atoms with Crippen molar-refractivity contribution in [2.45, 2.75) is 77.2 Å². The van der Waals surface area contributed by atoms with Crippen LogP contribution in [0.2, 0.25) is 0 Å². The molecule has 2 saturated carbocycles. The van der Waals surface area contributed by atoms with E-state index in [1.807, 2.05) is 0 Å². The summed E-state index contributed by atoms with van der Waals surface area (Å²) < 4.78 is 79.1. The smallest absolute Gasteiger partial charge is 0.400 e. The molecule has 1 aromatic rings. The van der Waals surface area contributed by atoms with Gasteiger partial charge in [0, 0.05) is 12.1 Å². The summed E-state index contributed by atoms with van der Waals surface area (Å²) in [6.45, 7) is 1.35. The van der Waals surface area contributed by atoms with Crippen LogP contribution in [0, 0.1) is 35.3 Å². The lowest BCUT2D eigenvalue weighted by molar-refractivity contribution is -0.224. The first kappa shape index (κ1) is 24.8. The Morgan fingerprint density at radius 1 is 0.938 bits per heavy atom. The highest BCUT2D eigenvalue weighted by molar-refractivity contribution is 5.35. The van der Waals surface area contributed by atoms with Crippen LogP contribution in [-0.2, 0) is 0 Å². The van der Waals surface area contributed by atoms with Crippen LogP contribution < -0.4 is 9.47 Å². The molecule has 0 spiro atoms. The van der Waals surface area contributed by atoms with E-state index >= 15 is 0 Å². The molecule has 0 saturated heterocycles. The number of allylic oxidation sites excluding steroid dienone is 1. The van der Waals surface area contributed by atoms with Gasteiger partial charge in [0.15, 0.2) is 17.4 Å². The summed E-state index contributed by atoms with van der Waals surface area (Å²) in [5.74, 6) is -2.83. The largest absolute Gasteiger partial charge is 0.459 e. The molecule has 0 amide bonds. The third-order valence-electron chi connectivity index (χ3n) is 7.10. The van der Waals surface area contributed by atoms with E-state index in [1.165, 1.54) is 38.5 Å². The summed E-state index contributed by atoms with van der Waals surface area (Å²) in [6, 6.07) is 1.33. The molecule has 32 heavy (non-hydrogen) atoms. The molecule has 0 atom stereocenters. The van der Waals surface area contributed by atoms with Crippen molar-refractivity contribution in [1.82, 2.24) is 0 Å². The summed E-state index contributed by atoms with van der Waals surface area (Å²) in [6.07, 6.45) is 7.75. The average molecular weight is 461 g/mol. The van der Waals surface area contributed by atoms with Crippen molar-refractivity contribution in [2.75, 3.05) is 6.67 Å². The van der Waals surface area contributed by atoms with Crippen LogP contribution in [0.1, 0.15) is 71.1 Å². The first-order chi connectivity index (χ1) is 15.3. The molecule has 7 heteroatoms. The Balaban J connectivity index is 1.54. The predicted molar refractivity (Wildman–Crippen MR) is 113 cm³/mol. The Hall–Kier alpha value is -1.79. The highest BCUT2D eigenvalue weighted by Gasteiger charge is 2.45. The fourth-order valence-corrected chi connectivity index (χ4v) is 5.38. The van der Waals surface area contributed by atoms with E-state index in [-0.39, 0.29) is 0 Å². The molecule has 0 aromatic heterocycles. The van der Waals surface area contributed by atoms with Gasteiger partial charge in [-0.1, -0.05) is 32.6 Å². The van der Waals surface area contributed by atoms with Crippen LogP contribution >= 0.6 is 0 Å². The number of hydrogen-bond acceptors (Lipinski definition) is 2. The fraction of sp³-hybridized carbons (Fsp3) is 0.680. The average Bonchev–Trinajstić information content (AvgIpc) is 2.76. The second kappa shape index (κ2) is 11.4. The lowest BCUT2D eigenvalue weighted by Gasteiger charge is -2.39. The van der Waals surface area contributed by atoms with Gasteiger partial charge in [0.1, 0.15) is 12.4 Å². The van der Waals surface area contributed by atoms with Crippen LogP contribution in [0.4, 0.5) is 22.0 Å². The monoisotopic (exact) mass is 460 g/mol. The minimum absolute atomic E-state index is 0.340. The molecule has 0 unspecified atom stereocenters. The Labute approximate surface area is 187 Å². The summed E-state index contributed by atoms with van der Waals surface area (Å²) in [7, 11) is 0. The van der Waals surface area contributed by atoms with Crippen LogP contribution in [0.15, 0.2) is 24.5 Å². The third kappa shape index (κ3) is 6.38. The van der Waals surface area contributed by atoms with Gasteiger partial charge in [0.2, 0.25) is 0 Å². The molecule has 2 fully saturated rings. The number of halogens is 5. The topological polar surface area (TPSA) is 18.5 Å². The number of ether oxygens (including phenoxy) is 2. The highest BCUT2D eigenvalue weighted by Crippen LogP contribution is 2.46.